The Bertz CT molecular complexity index is 462. The molecule has 1 fully saturated rings. The third-order valence-corrected chi connectivity index (χ3v) is 3.13. The highest BCUT2D eigenvalue weighted by Crippen LogP contribution is 2.30. The van der Waals surface area contributed by atoms with Gasteiger partial charge in [0.25, 0.3) is 0 Å². The minimum absolute atomic E-state index is 0.120. The van der Waals surface area contributed by atoms with Crippen LogP contribution in [0.15, 0.2) is 18.2 Å². The topological polar surface area (TPSA) is 41.6 Å². The van der Waals surface area contributed by atoms with Crippen molar-refractivity contribution >= 4 is 6.03 Å². The molecule has 2 amide bonds. The molecule has 1 unspecified atom stereocenters. The van der Waals surface area contributed by atoms with Gasteiger partial charge in [-0.05, 0) is 32.0 Å². The van der Waals surface area contributed by atoms with E-state index in [2.05, 4.69) is 5.32 Å². The summed E-state index contributed by atoms with van der Waals surface area (Å²) in [5, 5.41) is 2.84. The number of amides is 2. The van der Waals surface area contributed by atoms with Gasteiger partial charge >= 0.3 is 6.03 Å². The van der Waals surface area contributed by atoms with E-state index in [0.29, 0.717) is 17.9 Å². The number of hydrogen-bond acceptors (Lipinski definition) is 2. The van der Waals surface area contributed by atoms with Crippen molar-refractivity contribution in [3.63, 3.8) is 0 Å². The predicted octanol–water partition coefficient (Wildman–Crippen LogP) is 2.31. The average molecular weight is 252 g/mol. The SMILES string of the molecule is COc1ccc(F)cc1C1CN(C(C)C)C(=O)N1. The first-order valence-electron chi connectivity index (χ1n) is 5.93. The Balaban J connectivity index is 2.28. The monoisotopic (exact) mass is 252 g/mol. The van der Waals surface area contributed by atoms with Gasteiger partial charge in [0.15, 0.2) is 0 Å². The van der Waals surface area contributed by atoms with Gasteiger partial charge in [-0.2, -0.15) is 0 Å². The molecule has 1 aromatic rings. The summed E-state index contributed by atoms with van der Waals surface area (Å²) >= 11 is 0. The van der Waals surface area contributed by atoms with Crippen LogP contribution in [0.3, 0.4) is 0 Å². The first-order chi connectivity index (χ1) is 8.52. The van der Waals surface area contributed by atoms with E-state index in [-0.39, 0.29) is 23.9 Å². The van der Waals surface area contributed by atoms with Crippen LogP contribution in [0.4, 0.5) is 9.18 Å². The van der Waals surface area contributed by atoms with Gasteiger partial charge in [-0.25, -0.2) is 9.18 Å². The molecule has 1 aliphatic heterocycles. The number of hydrogen-bond donors (Lipinski definition) is 1. The van der Waals surface area contributed by atoms with E-state index in [0.717, 1.165) is 0 Å². The number of ether oxygens (including phenoxy) is 1. The fourth-order valence-corrected chi connectivity index (χ4v) is 2.16. The molecule has 5 heteroatoms. The summed E-state index contributed by atoms with van der Waals surface area (Å²) in [5.74, 6) is 0.260. The van der Waals surface area contributed by atoms with Gasteiger partial charge in [-0.1, -0.05) is 0 Å². The van der Waals surface area contributed by atoms with Gasteiger partial charge in [-0.15, -0.1) is 0 Å². The smallest absolute Gasteiger partial charge is 0.318 e. The number of carbonyl (C=O) groups excluding carboxylic acids is 1. The second-order valence-electron chi connectivity index (χ2n) is 4.63. The number of rotatable bonds is 3. The average Bonchev–Trinajstić information content (AvgIpc) is 2.71. The summed E-state index contributed by atoms with van der Waals surface area (Å²) in [5.41, 5.74) is 0.675. The molecule has 1 atom stereocenters. The fourth-order valence-electron chi connectivity index (χ4n) is 2.16. The van der Waals surface area contributed by atoms with Gasteiger partial charge in [0.2, 0.25) is 0 Å². The van der Waals surface area contributed by atoms with Gasteiger partial charge in [0, 0.05) is 18.2 Å². The molecule has 1 saturated heterocycles. The molecular formula is C13H17FN2O2. The van der Waals surface area contributed by atoms with E-state index < -0.39 is 0 Å². The Morgan fingerprint density at radius 3 is 2.78 bits per heavy atom. The van der Waals surface area contributed by atoms with Crippen LogP contribution in [0.2, 0.25) is 0 Å². The third-order valence-electron chi connectivity index (χ3n) is 3.13. The van der Waals surface area contributed by atoms with Crippen molar-refractivity contribution in [1.29, 1.82) is 0 Å². The molecule has 0 spiro atoms. The van der Waals surface area contributed by atoms with Crippen LogP contribution in [-0.4, -0.2) is 30.6 Å². The lowest BCUT2D eigenvalue weighted by Gasteiger charge is -2.19. The number of halogens is 1. The van der Waals surface area contributed by atoms with Crippen LogP contribution >= 0.6 is 0 Å². The molecule has 2 rings (SSSR count). The summed E-state index contributed by atoms with van der Waals surface area (Å²) in [6, 6.07) is 4.10. The molecule has 0 aliphatic carbocycles. The molecule has 1 aromatic carbocycles. The third kappa shape index (κ3) is 2.25. The van der Waals surface area contributed by atoms with Crippen LogP contribution in [0.5, 0.6) is 5.75 Å². The summed E-state index contributed by atoms with van der Waals surface area (Å²) < 4.78 is 18.5. The molecule has 0 aromatic heterocycles. The lowest BCUT2D eigenvalue weighted by molar-refractivity contribution is 0.206. The van der Waals surface area contributed by atoms with Crippen molar-refractivity contribution < 1.29 is 13.9 Å². The summed E-state index contributed by atoms with van der Waals surface area (Å²) in [6.07, 6.45) is 0. The van der Waals surface area contributed by atoms with Gasteiger partial charge in [0.1, 0.15) is 11.6 Å². The van der Waals surface area contributed by atoms with E-state index in [1.165, 1.54) is 19.2 Å². The molecule has 0 bridgehead atoms. The first-order valence-corrected chi connectivity index (χ1v) is 5.93. The van der Waals surface area contributed by atoms with Crippen molar-refractivity contribution in [3.8, 4) is 5.75 Å². The van der Waals surface area contributed by atoms with Crippen molar-refractivity contribution in [2.45, 2.75) is 25.9 Å². The molecule has 98 valence electrons. The normalized spacial score (nSPS) is 19.3. The van der Waals surface area contributed by atoms with Crippen molar-refractivity contribution in [2.24, 2.45) is 0 Å². The number of urea groups is 1. The highest BCUT2D eigenvalue weighted by Gasteiger charge is 2.32. The largest absolute Gasteiger partial charge is 0.496 e. The zero-order chi connectivity index (χ0) is 13.3. The van der Waals surface area contributed by atoms with Crippen LogP contribution in [-0.2, 0) is 0 Å². The highest BCUT2D eigenvalue weighted by atomic mass is 19.1. The minimum Gasteiger partial charge on any atom is -0.496 e. The Kier molecular flexibility index (Phi) is 3.41. The first kappa shape index (κ1) is 12.7. The Hall–Kier alpha value is -1.78. The predicted molar refractivity (Wildman–Crippen MR) is 66.1 cm³/mol. The lowest BCUT2D eigenvalue weighted by atomic mass is 10.1. The van der Waals surface area contributed by atoms with Crippen molar-refractivity contribution in [3.05, 3.63) is 29.6 Å². The molecule has 0 radical (unpaired) electrons. The molecule has 18 heavy (non-hydrogen) atoms. The second kappa shape index (κ2) is 4.84. The van der Waals surface area contributed by atoms with E-state index in [9.17, 15) is 9.18 Å². The zero-order valence-electron chi connectivity index (χ0n) is 10.7. The number of carbonyl (C=O) groups is 1. The Morgan fingerprint density at radius 1 is 1.50 bits per heavy atom. The molecule has 4 nitrogen and oxygen atoms in total. The maximum Gasteiger partial charge on any atom is 0.318 e. The van der Waals surface area contributed by atoms with Crippen molar-refractivity contribution in [2.75, 3.05) is 13.7 Å². The number of nitrogens with one attached hydrogen (secondary N) is 1. The van der Waals surface area contributed by atoms with Gasteiger partial charge in [-0.3, -0.25) is 0 Å². The van der Waals surface area contributed by atoms with Crippen LogP contribution in [0.1, 0.15) is 25.5 Å². The van der Waals surface area contributed by atoms with Gasteiger partial charge in [0.05, 0.1) is 13.2 Å². The van der Waals surface area contributed by atoms with Gasteiger partial charge < -0.3 is 15.0 Å². The van der Waals surface area contributed by atoms with Crippen LogP contribution < -0.4 is 10.1 Å². The molecule has 1 heterocycles. The van der Waals surface area contributed by atoms with E-state index >= 15 is 0 Å². The quantitative estimate of drug-likeness (QED) is 0.897. The summed E-state index contributed by atoms with van der Waals surface area (Å²) in [7, 11) is 1.54. The van der Waals surface area contributed by atoms with E-state index in [1.54, 1.807) is 11.0 Å². The van der Waals surface area contributed by atoms with E-state index in [4.69, 9.17) is 4.74 Å². The highest BCUT2D eigenvalue weighted by molar-refractivity contribution is 5.77. The Labute approximate surface area is 106 Å². The number of nitrogens with zero attached hydrogens (tertiary/aromatic N) is 1. The van der Waals surface area contributed by atoms with E-state index in [1.807, 2.05) is 13.8 Å². The second-order valence-corrected chi connectivity index (χ2v) is 4.63. The molecule has 1 N–H and O–H groups in total. The molecule has 1 aliphatic rings. The van der Waals surface area contributed by atoms with Crippen LogP contribution in [0.25, 0.3) is 0 Å². The molecular weight excluding hydrogens is 235 g/mol. The maximum absolute atomic E-state index is 13.3. The number of benzene rings is 1. The zero-order valence-corrected chi connectivity index (χ0v) is 10.7. The standard InChI is InChI=1S/C13H17FN2O2/c1-8(2)16-7-11(15-13(16)17)10-6-9(14)4-5-12(10)18-3/h4-6,8,11H,7H2,1-3H3,(H,15,17). The Morgan fingerprint density at radius 2 is 2.22 bits per heavy atom. The van der Waals surface area contributed by atoms with Crippen LogP contribution in [0, 0.1) is 5.82 Å². The lowest BCUT2D eigenvalue weighted by Crippen LogP contribution is -2.33. The summed E-state index contributed by atoms with van der Waals surface area (Å²) in [4.78, 5) is 13.5. The summed E-state index contributed by atoms with van der Waals surface area (Å²) in [6.45, 7) is 4.42. The fraction of sp³-hybridized carbons (Fsp3) is 0.462. The molecule has 0 saturated carbocycles. The maximum atomic E-state index is 13.3. The van der Waals surface area contributed by atoms with Crippen molar-refractivity contribution in [1.82, 2.24) is 10.2 Å². The number of methoxy groups -OCH3 is 1. The minimum atomic E-state index is -0.331.